The topological polar surface area (TPSA) is 58.4 Å². The summed E-state index contributed by atoms with van der Waals surface area (Å²) in [5, 5.41) is 0. The Morgan fingerprint density at radius 1 is 0.925 bits per heavy atom. The number of hydrogen-bond acceptors (Lipinski definition) is 5. The van der Waals surface area contributed by atoms with Gasteiger partial charge in [0.15, 0.2) is 15.7 Å². The van der Waals surface area contributed by atoms with Crippen molar-refractivity contribution in [2.24, 2.45) is 5.41 Å². The molecule has 2 saturated heterocycles. The van der Waals surface area contributed by atoms with Crippen LogP contribution in [0.3, 0.4) is 0 Å². The van der Waals surface area contributed by atoms with Gasteiger partial charge in [-0.25, -0.2) is 17.8 Å². The van der Waals surface area contributed by atoms with E-state index in [0.29, 0.717) is 22.8 Å². The zero-order valence-electron chi connectivity index (χ0n) is 23.3. The Morgan fingerprint density at radius 2 is 1.57 bits per heavy atom. The summed E-state index contributed by atoms with van der Waals surface area (Å²) in [5.74, 6) is 0.339. The molecule has 1 aliphatic carbocycles. The number of aromatic nitrogens is 2. The van der Waals surface area contributed by atoms with E-state index < -0.39 is 9.84 Å². The van der Waals surface area contributed by atoms with Crippen LogP contribution in [0.5, 0.6) is 0 Å². The first-order valence-electron chi connectivity index (χ1n) is 14.2. The average molecular weight is 559 g/mol. The first-order chi connectivity index (χ1) is 19.1. The Morgan fingerprint density at radius 3 is 2.17 bits per heavy atom. The molecule has 1 aromatic heterocycles. The van der Waals surface area contributed by atoms with Crippen LogP contribution < -0.4 is 0 Å². The Hall–Kier alpha value is -3.07. The minimum atomic E-state index is -3.29. The number of benzene rings is 3. The van der Waals surface area contributed by atoms with E-state index in [1.807, 2.05) is 6.07 Å². The van der Waals surface area contributed by atoms with Gasteiger partial charge < -0.3 is 4.57 Å². The molecule has 1 spiro atoms. The van der Waals surface area contributed by atoms with Crippen LogP contribution in [0, 0.1) is 11.2 Å². The van der Waals surface area contributed by atoms with Crippen LogP contribution in [0.1, 0.15) is 38.3 Å². The summed E-state index contributed by atoms with van der Waals surface area (Å²) in [6, 6.07) is 19.8. The number of halogens is 1. The van der Waals surface area contributed by atoms with Gasteiger partial charge in [-0.05, 0) is 79.8 Å². The van der Waals surface area contributed by atoms with E-state index in [0.717, 1.165) is 41.6 Å². The molecule has 40 heavy (non-hydrogen) atoms. The maximum absolute atomic E-state index is 15.5. The molecule has 2 aliphatic heterocycles. The van der Waals surface area contributed by atoms with Crippen LogP contribution in [-0.4, -0.2) is 66.2 Å². The molecule has 208 valence electrons. The molecule has 1 saturated carbocycles. The quantitative estimate of drug-likeness (QED) is 0.288. The van der Waals surface area contributed by atoms with Crippen molar-refractivity contribution in [3.63, 3.8) is 0 Å². The summed E-state index contributed by atoms with van der Waals surface area (Å²) in [6.07, 6.45) is 3.24. The molecule has 3 heterocycles. The lowest BCUT2D eigenvalue weighted by atomic mass is 9.72. The highest BCUT2D eigenvalue weighted by molar-refractivity contribution is 7.90. The first kappa shape index (κ1) is 25.9. The van der Waals surface area contributed by atoms with E-state index in [9.17, 15) is 8.42 Å². The molecule has 4 aromatic rings. The zero-order valence-corrected chi connectivity index (χ0v) is 24.1. The van der Waals surface area contributed by atoms with Crippen LogP contribution in [0.4, 0.5) is 4.39 Å². The summed E-state index contributed by atoms with van der Waals surface area (Å²) < 4.78 is 41.4. The predicted octanol–water partition coefficient (Wildman–Crippen LogP) is 5.77. The van der Waals surface area contributed by atoms with Crippen LogP contribution in [0.2, 0.25) is 0 Å². The molecule has 0 bridgehead atoms. The van der Waals surface area contributed by atoms with Crippen LogP contribution >= 0.6 is 0 Å². The van der Waals surface area contributed by atoms with Gasteiger partial charge in [0.1, 0.15) is 11.3 Å². The van der Waals surface area contributed by atoms with Gasteiger partial charge in [-0.2, -0.15) is 0 Å². The lowest BCUT2D eigenvalue weighted by molar-refractivity contribution is -0.128. The molecule has 6 nitrogen and oxygen atoms in total. The molecule has 0 radical (unpaired) electrons. The lowest BCUT2D eigenvalue weighted by Crippen LogP contribution is -2.72. The van der Waals surface area contributed by atoms with Crippen LogP contribution in [-0.2, 0) is 16.4 Å². The molecule has 7 rings (SSSR count). The van der Waals surface area contributed by atoms with Crippen molar-refractivity contribution in [3.8, 4) is 22.5 Å². The standard InChI is InChI=1S/C32H35FN4O2S/c1-21(2)36-19-32(20-36)17-35(18-32)16-22-4-6-23(7-5-22)25-14-28(33)30-29(15-25)37(26-10-11-26)31(34-30)24-8-12-27(13-9-24)40(3,38)39/h4-9,12-15,21,26H,10-11,16-20H2,1-3H3. The molecule has 0 atom stereocenters. The first-order valence-corrected chi connectivity index (χ1v) is 16.1. The monoisotopic (exact) mass is 558 g/mol. The second-order valence-electron chi connectivity index (χ2n) is 12.5. The molecule has 0 amide bonds. The molecule has 0 unspecified atom stereocenters. The molecule has 3 aromatic carbocycles. The highest BCUT2D eigenvalue weighted by Gasteiger charge is 2.51. The zero-order chi connectivity index (χ0) is 27.8. The number of hydrogen-bond donors (Lipinski definition) is 0. The van der Waals surface area contributed by atoms with E-state index >= 15 is 4.39 Å². The molecular weight excluding hydrogens is 523 g/mol. The number of sulfone groups is 1. The van der Waals surface area contributed by atoms with Gasteiger partial charge in [0.05, 0.1) is 10.4 Å². The van der Waals surface area contributed by atoms with Gasteiger partial charge in [-0.3, -0.25) is 9.80 Å². The number of rotatable bonds is 7. The van der Waals surface area contributed by atoms with E-state index in [4.69, 9.17) is 4.98 Å². The third kappa shape index (κ3) is 4.56. The Labute approximate surface area is 235 Å². The molecular formula is C32H35FN4O2S. The fourth-order valence-corrected chi connectivity index (χ4v) is 7.16. The van der Waals surface area contributed by atoms with Gasteiger partial charge >= 0.3 is 0 Å². The summed E-state index contributed by atoms with van der Waals surface area (Å²) in [6.45, 7) is 10.3. The van der Waals surface area contributed by atoms with E-state index in [-0.39, 0.29) is 16.8 Å². The second kappa shape index (κ2) is 9.23. The maximum Gasteiger partial charge on any atom is 0.175 e. The number of imidazole rings is 1. The fraction of sp³-hybridized carbons (Fsp3) is 0.406. The minimum Gasteiger partial charge on any atom is -0.321 e. The van der Waals surface area contributed by atoms with E-state index in [2.05, 4.69) is 52.5 Å². The van der Waals surface area contributed by atoms with Crippen molar-refractivity contribution < 1.29 is 12.8 Å². The minimum absolute atomic E-state index is 0.261. The van der Waals surface area contributed by atoms with Gasteiger partial charge in [-0.1, -0.05) is 24.3 Å². The van der Waals surface area contributed by atoms with Gasteiger partial charge in [0, 0.05) is 62.0 Å². The highest BCUT2D eigenvalue weighted by Crippen LogP contribution is 2.43. The maximum atomic E-state index is 15.5. The average Bonchev–Trinajstić information content (AvgIpc) is 3.63. The second-order valence-corrected chi connectivity index (χ2v) is 14.5. The highest BCUT2D eigenvalue weighted by atomic mass is 32.2. The van der Waals surface area contributed by atoms with Crippen molar-refractivity contribution in [2.75, 3.05) is 32.4 Å². The van der Waals surface area contributed by atoms with Gasteiger partial charge in [0.25, 0.3) is 0 Å². The predicted molar refractivity (Wildman–Crippen MR) is 156 cm³/mol. The van der Waals surface area contributed by atoms with Crippen LogP contribution in [0.25, 0.3) is 33.5 Å². The lowest BCUT2D eigenvalue weighted by Gasteiger charge is -2.61. The molecule has 3 fully saturated rings. The smallest absolute Gasteiger partial charge is 0.175 e. The largest absolute Gasteiger partial charge is 0.321 e. The molecule has 0 N–H and O–H groups in total. The summed E-state index contributed by atoms with van der Waals surface area (Å²) >= 11 is 0. The van der Waals surface area contributed by atoms with Crippen molar-refractivity contribution in [1.82, 2.24) is 19.4 Å². The summed E-state index contributed by atoms with van der Waals surface area (Å²) in [7, 11) is -3.29. The van der Waals surface area contributed by atoms with E-state index in [1.165, 1.54) is 38.0 Å². The Kier molecular flexibility index (Phi) is 5.97. The third-order valence-electron chi connectivity index (χ3n) is 8.82. The van der Waals surface area contributed by atoms with Crippen molar-refractivity contribution in [1.29, 1.82) is 0 Å². The number of likely N-dealkylation sites (tertiary alicyclic amines) is 2. The number of fused-ring (bicyclic) bond motifs is 1. The Bertz CT molecular complexity index is 1690. The van der Waals surface area contributed by atoms with Crippen molar-refractivity contribution in [3.05, 3.63) is 72.0 Å². The van der Waals surface area contributed by atoms with Gasteiger partial charge in [0.2, 0.25) is 0 Å². The third-order valence-corrected chi connectivity index (χ3v) is 9.95. The van der Waals surface area contributed by atoms with Crippen molar-refractivity contribution in [2.45, 2.75) is 50.2 Å². The summed E-state index contributed by atoms with van der Waals surface area (Å²) in [5.41, 5.74) is 5.53. The van der Waals surface area contributed by atoms with Gasteiger partial charge in [-0.15, -0.1) is 0 Å². The van der Waals surface area contributed by atoms with E-state index in [1.54, 1.807) is 30.3 Å². The Balaban J connectivity index is 1.13. The molecule has 8 heteroatoms. The number of nitrogens with zero attached hydrogens (tertiary/aromatic N) is 4. The normalized spacial score (nSPS) is 19.3. The SMILES string of the molecule is CC(C)N1CC2(CN(Cc3ccc(-c4cc(F)c5nc(-c6ccc(S(C)(=O)=O)cc6)n(C6CC6)c5c4)cc3)C2)C1. The summed E-state index contributed by atoms with van der Waals surface area (Å²) in [4.78, 5) is 10.0. The molecule has 3 aliphatic rings. The fourth-order valence-electron chi connectivity index (χ4n) is 6.53. The van der Waals surface area contributed by atoms with Crippen LogP contribution in [0.15, 0.2) is 65.6 Å². The van der Waals surface area contributed by atoms with Crippen molar-refractivity contribution >= 4 is 20.9 Å².